The van der Waals surface area contributed by atoms with E-state index in [9.17, 15) is 4.79 Å². The van der Waals surface area contributed by atoms with Crippen molar-refractivity contribution >= 4 is 13.9 Å². The number of ether oxygens (including phenoxy) is 1. The summed E-state index contributed by atoms with van der Waals surface area (Å²) in [5.41, 5.74) is 1.41. The molecule has 0 radical (unpaired) electrons. The molecule has 0 aromatic heterocycles. The summed E-state index contributed by atoms with van der Waals surface area (Å²) in [6.45, 7) is 10.9. The van der Waals surface area contributed by atoms with Gasteiger partial charge in [0.2, 0.25) is 0 Å². The van der Waals surface area contributed by atoms with Gasteiger partial charge >= 0.3 is 0 Å². The fourth-order valence-electron chi connectivity index (χ4n) is 2.76. The first-order valence-corrected chi connectivity index (χ1v) is 12.1. The van der Waals surface area contributed by atoms with Crippen molar-refractivity contribution in [2.75, 3.05) is 0 Å². The molecule has 2 nitrogen and oxygen atoms in total. The average Bonchev–Trinajstić information content (AvgIpc) is 2.43. The van der Waals surface area contributed by atoms with Crippen LogP contribution in [0, 0.1) is 0 Å². The molecule has 0 fully saturated rings. The molecule has 0 aliphatic heterocycles. The smallest absolute Gasteiger partial charge is 0.132 e. The number of unbranched alkanes of at least 4 members (excludes halogenated alkanes) is 2. The van der Waals surface area contributed by atoms with E-state index >= 15 is 0 Å². The minimum atomic E-state index is -1.52. The van der Waals surface area contributed by atoms with Gasteiger partial charge < -0.3 is 4.74 Å². The van der Waals surface area contributed by atoms with E-state index in [-0.39, 0.29) is 17.6 Å². The fourth-order valence-corrected chi connectivity index (χ4v) is 4.56. The number of hydrogen-bond donors (Lipinski definition) is 0. The Hall–Kier alpha value is -0.933. The van der Waals surface area contributed by atoms with Gasteiger partial charge in [0.15, 0.2) is 0 Å². The van der Waals surface area contributed by atoms with Crippen molar-refractivity contribution in [1.82, 2.24) is 0 Å². The van der Waals surface area contributed by atoms with Crippen molar-refractivity contribution < 1.29 is 9.53 Å². The second-order valence-electron chi connectivity index (χ2n) is 7.32. The van der Waals surface area contributed by atoms with Crippen LogP contribution in [0.5, 0.6) is 0 Å². The van der Waals surface area contributed by atoms with Gasteiger partial charge in [-0.1, -0.05) is 76.2 Å². The van der Waals surface area contributed by atoms with Gasteiger partial charge in [-0.25, -0.2) is 0 Å². The van der Waals surface area contributed by atoms with Crippen LogP contribution in [0.15, 0.2) is 30.3 Å². The summed E-state index contributed by atoms with van der Waals surface area (Å²) >= 11 is 0. The van der Waals surface area contributed by atoms with Gasteiger partial charge in [0.1, 0.15) is 5.78 Å². The van der Waals surface area contributed by atoms with Crippen LogP contribution in [0.3, 0.4) is 0 Å². The van der Waals surface area contributed by atoms with E-state index in [1.807, 2.05) is 6.07 Å². The van der Waals surface area contributed by atoms with Gasteiger partial charge in [-0.15, -0.1) is 0 Å². The molecule has 0 aliphatic rings. The van der Waals surface area contributed by atoms with Crippen LogP contribution in [0.25, 0.3) is 0 Å². The van der Waals surface area contributed by atoms with Crippen molar-refractivity contribution in [3.63, 3.8) is 0 Å². The third-order valence-electron chi connectivity index (χ3n) is 3.86. The summed E-state index contributed by atoms with van der Waals surface area (Å²) in [6.07, 6.45) is 5.13. The van der Waals surface area contributed by atoms with Gasteiger partial charge in [-0.3, -0.25) is 4.79 Å². The molecule has 3 heteroatoms. The third kappa shape index (κ3) is 6.88. The average molecular weight is 321 g/mol. The quantitative estimate of drug-likeness (QED) is 0.417. The zero-order valence-corrected chi connectivity index (χ0v) is 15.9. The fraction of sp³-hybridized carbons (Fsp3) is 0.632. The zero-order chi connectivity index (χ0) is 16.6. The number of rotatable bonds is 10. The molecule has 0 aliphatic carbocycles. The molecule has 124 valence electrons. The molecule has 0 saturated heterocycles. The maximum atomic E-state index is 11.6. The largest absolute Gasteiger partial charge is 0.373 e. The highest BCUT2D eigenvalue weighted by molar-refractivity contribution is 6.77. The van der Waals surface area contributed by atoms with Crippen LogP contribution in [-0.2, 0) is 9.53 Å². The lowest BCUT2D eigenvalue weighted by Gasteiger charge is -2.33. The van der Waals surface area contributed by atoms with E-state index in [1.54, 1.807) is 6.92 Å². The maximum Gasteiger partial charge on any atom is 0.132 e. The van der Waals surface area contributed by atoms with E-state index in [1.165, 1.54) is 18.4 Å². The highest BCUT2D eigenvalue weighted by Crippen LogP contribution is 2.31. The number of carbonyl (C=O) groups excluding carboxylic acids is 1. The van der Waals surface area contributed by atoms with Gasteiger partial charge in [-0.05, 0) is 18.9 Å². The third-order valence-corrected chi connectivity index (χ3v) is 5.90. The molecule has 0 bridgehead atoms. The normalized spacial score (nSPS) is 14.6. The van der Waals surface area contributed by atoms with Crippen molar-refractivity contribution in [2.45, 2.75) is 77.4 Å². The Balaban J connectivity index is 2.85. The summed E-state index contributed by atoms with van der Waals surface area (Å²) in [4.78, 5) is 11.6. The summed E-state index contributed by atoms with van der Waals surface area (Å²) in [5, 5.41) is 0. The maximum absolute atomic E-state index is 11.6. The van der Waals surface area contributed by atoms with Crippen molar-refractivity contribution in [2.24, 2.45) is 0 Å². The molecule has 1 aromatic carbocycles. The molecule has 0 heterocycles. The topological polar surface area (TPSA) is 26.3 Å². The van der Waals surface area contributed by atoms with Crippen LogP contribution < -0.4 is 0 Å². The van der Waals surface area contributed by atoms with Gasteiger partial charge in [0.05, 0.1) is 19.9 Å². The monoisotopic (exact) mass is 320 g/mol. The van der Waals surface area contributed by atoms with E-state index in [4.69, 9.17) is 4.74 Å². The Kier molecular flexibility index (Phi) is 8.05. The van der Waals surface area contributed by atoms with E-state index < -0.39 is 8.07 Å². The zero-order valence-electron chi connectivity index (χ0n) is 14.9. The first-order chi connectivity index (χ1) is 10.3. The molecule has 1 aromatic rings. The standard InChI is InChI=1S/C19H32O2Si/c1-6-7-9-14-18(15-16(2)20)21-19(22(3,4)5)17-12-10-8-11-13-17/h8,10-13,18-19H,6-7,9,14-15H2,1-5H3/t18-,19+/m1/s1. The predicted octanol–water partition coefficient (Wildman–Crippen LogP) is 5.55. The molecule has 0 spiro atoms. The molecule has 22 heavy (non-hydrogen) atoms. The summed E-state index contributed by atoms with van der Waals surface area (Å²) in [5.74, 6) is 0.226. The van der Waals surface area contributed by atoms with Crippen LogP contribution >= 0.6 is 0 Å². The van der Waals surface area contributed by atoms with E-state index in [0.717, 1.165) is 12.8 Å². The summed E-state index contributed by atoms with van der Waals surface area (Å²) in [7, 11) is -1.52. The van der Waals surface area contributed by atoms with Gasteiger partial charge in [0.25, 0.3) is 0 Å². The number of ketones is 1. The van der Waals surface area contributed by atoms with Gasteiger partial charge in [-0.2, -0.15) is 0 Å². The number of carbonyl (C=O) groups is 1. The predicted molar refractivity (Wildman–Crippen MR) is 96.8 cm³/mol. The summed E-state index contributed by atoms with van der Waals surface area (Å²) in [6, 6.07) is 10.5. The number of Topliss-reactive ketones (excluding diaryl/α,β-unsaturated/α-hetero) is 1. The Morgan fingerprint density at radius 3 is 2.27 bits per heavy atom. The Labute approximate surface area is 137 Å². The second-order valence-corrected chi connectivity index (χ2v) is 12.6. The molecular weight excluding hydrogens is 288 g/mol. The van der Waals surface area contributed by atoms with E-state index in [0.29, 0.717) is 6.42 Å². The molecule has 0 N–H and O–H groups in total. The lowest BCUT2D eigenvalue weighted by Crippen LogP contribution is -2.36. The highest BCUT2D eigenvalue weighted by Gasteiger charge is 2.31. The first kappa shape index (κ1) is 19.1. The van der Waals surface area contributed by atoms with Crippen LogP contribution in [0.4, 0.5) is 0 Å². The lowest BCUT2D eigenvalue weighted by atomic mass is 10.1. The van der Waals surface area contributed by atoms with Crippen molar-refractivity contribution in [3.8, 4) is 0 Å². The Bertz CT molecular complexity index is 436. The SMILES string of the molecule is CCCCC[C@H](CC(C)=O)O[C@H](c1ccccc1)[Si](C)(C)C. The number of hydrogen-bond acceptors (Lipinski definition) is 2. The lowest BCUT2D eigenvalue weighted by molar-refractivity contribution is -0.120. The molecule has 1 rings (SSSR count). The molecule has 0 unspecified atom stereocenters. The van der Waals surface area contributed by atoms with Crippen molar-refractivity contribution in [3.05, 3.63) is 35.9 Å². The van der Waals surface area contributed by atoms with Gasteiger partial charge in [0, 0.05) is 6.42 Å². The molecule has 0 saturated carbocycles. The molecular formula is C19H32O2Si. The van der Waals surface area contributed by atoms with Crippen molar-refractivity contribution in [1.29, 1.82) is 0 Å². The van der Waals surface area contributed by atoms with Crippen LogP contribution in [-0.4, -0.2) is 20.0 Å². The summed E-state index contributed by atoms with van der Waals surface area (Å²) < 4.78 is 6.50. The Morgan fingerprint density at radius 1 is 1.14 bits per heavy atom. The molecule has 0 amide bonds. The highest BCUT2D eigenvalue weighted by atomic mass is 28.3. The number of benzene rings is 1. The van der Waals surface area contributed by atoms with E-state index in [2.05, 4.69) is 50.8 Å². The van der Waals surface area contributed by atoms with Crippen LogP contribution in [0.2, 0.25) is 19.6 Å². The van der Waals surface area contributed by atoms with Crippen LogP contribution in [0.1, 0.15) is 57.2 Å². The molecule has 2 atom stereocenters. The minimum absolute atomic E-state index is 0.0565. The minimum Gasteiger partial charge on any atom is -0.373 e. The second kappa shape index (κ2) is 9.26. The Morgan fingerprint density at radius 2 is 1.77 bits per heavy atom. The first-order valence-electron chi connectivity index (χ1n) is 8.54.